The number of hydrogen-bond donors (Lipinski definition) is 2. The summed E-state index contributed by atoms with van der Waals surface area (Å²) < 4.78 is 1.99. The van der Waals surface area contributed by atoms with E-state index in [9.17, 15) is 4.79 Å². The fraction of sp³-hybridized carbons (Fsp3) is 0.545. The summed E-state index contributed by atoms with van der Waals surface area (Å²) in [6.45, 7) is 2.55. The zero-order valence-corrected chi connectivity index (χ0v) is 9.36. The molecule has 0 spiro atoms. The predicted octanol–water partition coefficient (Wildman–Crippen LogP) is 0.769. The lowest BCUT2D eigenvalue weighted by atomic mass is 10.1. The molecule has 1 aromatic rings. The van der Waals surface area contributed by atoms with E-state index in [4.69, 9.17) is 5.73 Å². The predicted molar refractivity (Wildman–Crippen MR) is 60.1 cm³/mol. The molecule has 0 aromatic carbocycles. The van der Waals surface area contributed by atoms with Crippen molar-refractivity contribution in [3.8, 4) is 0 Å². The number of nitrogens with one attached hydrogen (secondary N) is 1. The molecule has 1 amide bonds. The number of nitrogens with two attached hydrogens (primary N) is 1. The molecule has 1 atom stereocenters. The first-order valence-electron chi connectivity index (χ1n) is 5.26. The number of hydrogen-bond acceptors (Lipinski definition) is 2. The van der Waals surface area contributed by atoms with Gasteiger partial charge in [-0.15, -0.1) is 0 Å². The van der Waals surface area contributed by atoms with Crippen LogP contribution < -0.4 is 11.1 Å². The lowest BCUT2D eigenvalue weighted by Crippen LogP contribution is -2.31. The van der Waals surface area contributed by atoms with Crippen molar-refractivity contribution in [3.05, 3.63) is 24.0 Å². The number of carbonyl (C=O) groups is 1. The Labute approximate surface area is 90.5 Å². The summed E-state index contributed by atoms with van der Waals surface area (Å²) >= 11 is 0. The van der Waals surface area contributed by atoms with Crippen LogP contribution in [0.2, 0.25) is 0 Å². The van der Waals surface area contributed by atoms with E-state index in [2.05, 4.69) is 5.32 Å². The maximum atomic E-state index is 11.4. The Morgan fingerprint density at radius 2 is 2.40 bits per heavy atom. The second-order valence-electron chi connectivity index (χ2n) is 3.76. The van der Waals surface area contributed by atoms with Crippen molar-refractivity contribution in [1.82, 2.24) is 9.88 Å². The summed E-state index contributed by atoms with van der Waals surface area (Å²) in [6.07, 6.45) is 3.19. The minimum atomic E-state index is -0.0292. The fourth-order valence-electron chi connectivity index (χ4n) is 1.32. The Kier molecular flexibility index (Phi) is 4.37. The van der Waals surface area contributed by atoms with Crippen LogP contribution in [0.15, 0.2) is 18.3 Å². The van der Waals surface area contributed by atoms with Crippen LogP contribution in [0.3, 0.4) is 0 Å². The summed E-state index contributed by atoms with van der Waals surface area (Å²) in [7, 11) is 1.96. The Morgan fingerprint density at radius 1 is 1.67 bits per heavy atom. The highest BCUT2D eigenvalue weighted by atomic mass is 16.1. The highest BCUT2D eigenvalue weighted by molar-refractivity contribution is 5.76. The standard InChI is InChI=1S/C11H19N3O/c1-3-9(12)7-11(15)13-8-10-5-4-6-14(10)2/h4-6,9H,3,7-8,12H2,1-2H3,(H,13,15). The second-order valence-corrected chi connectivity index (χ2v) is 3.76. The molecule has 0 aliphatic rings. The largest absolute Gasteiger partial charge is 0.353 e. The number of aryl methyl sites for hydroxylation is 1. The SMILES string of the molecule is CCC(N)CC(=O)NCc1cccn1C. The highest BCUT2D eigenvalue weighted by Gasteiger charge is 2.07. The van der Waals surface area contributed by atoms with Crippen molar-refractivity contribution in [1.29, 1.82) is 0 Å². The van der Waals surface area contributed by atoms with Crippen LogP contribution in [0.5, 0.6) is 0 Å². The van der Waals surface area contributed by atoms with Crippen LogP contribution in [-0.4, -0.2) is 16.5 Å². The first-order chi connectivity index (χ1) is 7.13. The molecule has 1 aromatic heterocycles. The normalized spacial score (nSPS) is 12.5. The number of aromatic nitrogens is 1. The van der Waals surface area contributed by atoms with Gasteiger partial charge in [0.15, 0.2) is 0 Å². The van der Waals surface area contributed by atoms with Crippen LogP contribution in [0.4, 0.5) is 0 Å². The molecular weight excluding hydrogens is 190 g/mol. The van der Waals surface area contributed by atoms with Gasteiger partial charge in [0.25, 0.3) is 0 Å². The van der Waals surface area contributed by atoms with Gasteiger partial charge in [0, 0.05) is 31.4 Å². The highest BCUT2D eigenvalue weighted by Crippen LogP contribution is 1.99. The molecule has 0 saturated heterocycles. The maximum Gasteiger partial charge on any atom is 0.221 e. The van der Waals surface area contributed by atoms with Gasteiger partial charge in [0.2, 0.25) is 5.91 Å². The molecule has 15 heavy (non-hydrogen) atoms. The van der Waals surface area contributed by atoms with Crippen molar-refractivity contribution in [2.75, 3.05) is 0 Å². The van der Waals surface area contributed by atoms with Gasteiger partial charge in [0.05, 0.1) is 6.54 Å². The molecular formula is C11H19N3O. The lowest BCUT2D eigenvalue weighted by Gasteiger charge is -2.09. The molecule has 0 saturated carbocycles. The van der Waals surface area contributed by atoms with E-state index in [1.54, 1.807) is 0 Å². The first-order valence-corrected chi connectivity index (χ1v) is 5.26. The van der Waals surface area contributed by atoms with Crippen LogP contribution in [-0.2, 0) is 18.4 Å². The molecule has 4 nitrogen and oxygen atoms in total. The number of rotatable bonds is 5. The minimum Gasteiger partial charge on any atom is -0.353 e. The van der Waals surface area contributed by atoms with E-state index in [1.165, 1.54) is 0 Å². The average Bonchev–Trinajstić information content (AvgIpc) is 2.61. The fourth-order valence-corrected chi connectivity index (χ4v) is 1.32. The van der Waals surface area contributed by atoms with Gasteiger partial charge in [-0.2, -0.15) is 0 Å². The number of carbonyl (C=O) groups excluding carboxylic acids is 1. The van der Waals surface area contributed by atoms with Gasteiger partial charge in [-0.3, -0.25) is 4.79 Å². The van der Waals surface area contributed by atoms with Crippen molar-refractivity contribution in [3.63, 3.8) is 0 Å². The second kappa shape index (κ2) is 5.56. The van der Waals surface area contributed by atoms with Gasteiger partial charge in [0.1, 0.15) is 0 Å². The Morgan fingerprint density at radius 3 is 2.93 bits per heavy atom. The maximum absolute atomic E-state index is 11.4. The molecule has 4 heteroatoms. The van der Waals surface area contributed by atoms with Gasteiger partial charge < -0.3 is 15.6 Å². The smallest absolute Gasteiger partial charge is 0.221 e. The zero-order chi connectivity index (χ0) is 11.3. The summed E-state index contributed by atoms with van der Waals surface area (Å²) in [5.41, 5.74) is 6.78. The summed E-state index contributed by atoms with van der Waals surface area (Å²) in [5, 5.41) is 2.85. The van der Waals surface area contributed by atoms with Crippen molar-refractivity contribution in [2.45, 2.75) is 32.4 Å². The average molecular weight is 209 g/mol. The van der Waals surface area contributed by atoms with Gasteiger partial charge in [-0.25, -0.2) is 0 Å². The van der Waals surface area contributed by atoms with Crippen LogP contribution in [0, 0.1) is 0 Å². The third kappa shape index (κ3) is 3.75. The third-order valence-electron chi connectivity index (χ3n) is 2.49. The van der Waals surface area contributed by atoms with Gasteiger partial charge in [-0.1, -0.05) is 6.92 Å². The third-order valence-corrected chi connectivity index (χ3v) is 2.49. The molecule has 0 radical (unpaired) electrons. The monoisotopic (exact) mass is 209 g/mol. The topological polar surface area (TPSA) is 60.1 Å². The molecule has 1 unspecified atom stereocenters. The number of nitrogens with zero attached hydrogens (tertiary/aromatic N) is 1. The Balaban J connectivity index is 2.31. The van der Waals surface area contributed by atoms with E-state index in [-0.39, 0.29) is 11.9 Å². The van der Waals surface area contributed by atoms with Gasteiger partial charge in [-0.05, 0) is 18.6 Å². The Hall–Kier alpha value is -1.29. The molecule has 1 rings (SSSR count). The molecule has 84 valence electrons. The molecule has 0 aliphatic carbocycles. The molecule has 3 N–H and O–H groups in total. The van der Waals surface area contributed by atoms with E-state index in [1.807, 2.05) is 36.9 Å². The molecule has 0 aliphatic heterocycles. The van der Waals surface area contributed by atoms with Gasteiger partial charge >= 0.3 is 0 Å². The van der Waals surface area contributed by atoms with E-state index >= 15 is 0 Å². The Bertz CT molecular complexity index is 319. The molecule has 0 fully saturated rings. The van der Waals surface area contributed by atoms with Crippen LogP contribution >= 0.6 is 0 Å². The summed E-state index contributed by atoms with van der Waals surface area (Å²) in [5.74, 6) is 0.0190. The first kappa shape index (κ1) is 11.8. The lowest BCUT2D eigenvalue weighted by molar-refractivity contribution is -0.121. The van der Waals surface area contributed by atoms with E-state index in [0.717, 1.165) is 12.1 Å². The van der Waals surface area contributed by atoms with Crippen LogP contribution in [0.25, 0.3) is 0 Å². The van der Waals surface area contributed by atoms with Crippen molar-refractivity contribution in [2.24, 2.45) is 12.8 Å². The van der Waals surface area contributed by atoms with Crippen LogP contribution in [0.1, 0.15) is 25.5 Å². The summed E-state index contributed by atoms with van der Waals surface area (Å²) in [6, 6.07) is 3.91. The van der Waals surface area contributed by atoms with E-state index in [0.29, 0.717) is 13.0 Å². The molecule has 1 heterocycles. The minimum absolute atomic E-state index is 0.0190. The molecule has 0 bridgehead atoms. The van der Waals surface area contributed by atoms with E-state index < -0.39 is 0 Å². The van der Waals surface area contributed by atoms with Crippen molar-refractivity contribution < 1.29 is 4.79 Å². The number of amides is 1. The quantitative estimate of drug-likeness (QED) is 0.752. The zero-order valence-electron chi connectivity index (χ0n) is 9.36. The summed E-state index contributed by atoms with van der Waals surface area (Å²) in [4.78, 5) is 11.4. The van der Waals surface area contributed by atoms with Crippen molar-refractivity contribution >= 4 is 5.91 Å².